The van der Waals surface area contributed by atoms with Gasteiger partial charge in [-0.3, -0.25) is 0 Å². The van der Waals surface area contributed by atoms with Crippen LogP contribution in [0.3, 0.4) is 0 Å². The Balaban J connectivity index is 0.000000741. The van der Waals surface area contributed by atoms with Gasteiger partial charge in [0.15, 0.2) is 0 Å². The van der Waals surface area contributed by atoms with E-state index >= 15 is 0 Å². The fourth-order valence-corrected chi connectivity index (χ4v) is 1.53. The maximum Gasteiger partial charge on any atom is 0.263 e. The molecule has 0 N–H and O–H groups in total. The summed E-state index contributed by atoms with van der Waals surface area (Å²) in [6.07, 6.45) is 0.864. The van der Waals surface area contributed by atoms with Gasteiger partial charge in [0.2, 0.25) is 0 Å². The maximum atomic E-state index is 12.4. The summed E-state index contributed by atoms with van der Waals surface area (Å²) in [6.45, 7) is 4.00. The lowest BCUT2D eigenvalue weighted by Gasteiger charge is -2.03. The van der Waals surface area contributed by atoms with Gasteiger partial charge in [-0.1, -0.05) is 41.9 Å². The first-order valence-corrected chi connectivity index (χ1v) is 8.01. The molecule has 0 amide bonds. The topological polar surface area (TPSA) is 17.8 Å². The normalized spacial score (nSPS) is 9.26. The summed E-state index contributed by atoms with van der Waals surface area (Å²) in [7, 11) is 0. The van der Waals surface area contributed by atoms with E-state index < -0.39 is 6.43 Å². The van der Waals surface area contributed by atoms with Crippen molar-refractivity contribution in [2.24, 2.45) is 0 Å². The van der Waals surface area contributed by atoms with Crippen molar-refractivity contribution in [1.82, 2.24) is 9.78 Å². The molecule has 0 saturated heterocycles. The number of hydrogen-bond donors (Lipinski definition) is 0. The highest BCUT2D eigenvalue weighted by molar-refractivity contribution is 9.10. The molecular formula is C13H16Br2F2N2. The first kappa shape index (κ1) is 18.2. The molecule has 0 spiro atoms. The molecule has 0 saturated carbocycles. The molecule has 0 bridgehead atoms. The van der Waals surface area contributed by atoms with Gasteiger partial charge in [0.05, 0.1) is 16.4 Å². The van der Waals surface area contributed by atoms with Gasteiger partial charge < -0.3 is 0 Å². The third-order valence-electron chi connectivity index (χ3n) is 1.94. The molecule has 0 radical (unpaired) electrons. The van der Waals surface area contributed by atoms with Crippen LogP contribution in [-0.2, 0) is 0 Å². The van der Waals surface area contributed by atoms with E-state index in [4.69, 9.17) is 0 Å². The Morgan fingerprint density at radius 2 is 1.84 bits per heavy atom. The molecule has 19 heavy (non-hydrogen) atoms. The number of aromatic nitrogens is 2. The smallest absolute Gasteiger partial charge is 0.240 e. The third-order valence-corrected chi connectivity index (χ3v) is 2.35. The van der Waals surface area contributed by atoms with Gasteiger partial charge in [0.25, 0.3) is 6.43 Å². The minimum Gasteiger partial charge on any atom is -0.240 e. The molecule has 0 aliphatic carbocycles. The van der Waals surface area contributed by atoms with Gasteiger partial charge in [-0.25, -0.2) is 13.5 Å². The van der Waals surface area contributed by atoms with Gasteiger partial charge in [-0.05, 0) is 33.9 Å². The molecule has 2 aromatic rings. The fraction of sp³-hybridized carbons (Fsp3) is 0.308. The number of halogens is 4. The highest BCUT2D eigenvalue weighted by Crippen LogP contribution is 2.21. The summed E-state index contributed by atoms with van der Waals surface area (Å²) in [5.41, 5.74) is 0.623. The largest absolute Gasteiger partial charge is 0.263 e. The molecule has 1 aromatic carbocycles. The third kappa shape index (κ3) is 5.82. The molecular weight excluding hydrogens is 382 g/mol. The van der Waals surface area contributed by atoms with E-state index in [-0.39, 0.29) is 5.56 Å². The Hall–Kier alpha value is -0.750. The molecule has 0 aliphatic heterocycles. The molecule has 0 fully saturated rings. The highest BCUT2D eigenvalue weighted by Gasteiger charge is 2.08. The van der Waals surface area contributed by atoms with Gasteiger partial charge >= 0.3 is 0 Å². The van der Waals surface area contributed by atoms with Crippen LogP contribution >= 0.6 is 31.9 Å². The summed E-state index contributed by atoms with van der Waals surface area (Å²) in [6, 6.07) is 6.13. The second-order valence-electron chi connectivity index (χ2n) is 3.00. The van der Waals surface area contributed by atoms with Crippen molar-refractivity contribution < 1.29 is 8.78 Å². The number of rotatable bonds is 2. The standard InChI is InChI=1S/C10H7BrF2N2.C2H6.CH3Br/c11-8-5-14-15(6-8)9-3-1-2-7(4-9)10(12)13;2*1-2/h1-6,10H;1-2H3;1H3. The van der Waals surface area contributed by atoms with Crippen molar-refractivity contribution in [1.29, 1.82) is 0 Å². The summed E-state index contributed by atoms with van der Waals surface area (Å²) < 4.78 is 27.2. The zero-order chi connectivity index (χ0) is 14.8. The van der Waals surface area contributed by atoms with Gasteiger partial charge in [-0.15, -0.1) is 0 Å². The predicted octanol–water partition coefficient (Wildman–Crippen LogP) is 5.61. The lowest BCUT2D eigenvalue weighted by atomic mass is 10.2. The zero-order valence-electron chi connectivity index (χ0n) is 10.9. The van der Waals surface area contributed by atoms with E-state index in [0.717, 1.165) is 4.47 Å². The van der Waals surface area contributed by atoms with Crippen LogP contribution < -0.4 is 0 Å². The molecule has 106 valence electrons. The van der Waals surface area contributed by atoms with Gasteiger partial charge in [-0.2, -0.15) is 5.10 Å². The molecule has 0 aliphatic rings. The monoisotopic (exact) mass is 396 g/mol. The van der Waals surface area contributed by atoms with Crippen molar-refractivity contribution in [2.75, 3.05) is 5.83 Å². The van der Waals surface area contributed by atoms with E-state index in [2.05, 4.69) is 37.0 Å². The number of alkyl halides is 3. The van der Waals surface area contributed by atoms with Crippen molar-refractivity contribution in [2.45, 2.75) is 20.3 Å². The van der Waals surface area contributed by atoms with Crippen LogP contribution in [0.4, 0.5) is 8.78 Å². The van der Waals surface area contributed by atoms with Crippen molar-refractivity contribution in [3.05, 3.63) is 46.7 Å². The molecule has 1 heterocycles. The first-order valence-electron chi connectivity index (χ1n) is 5.63. The quantitative estimate of drug-likeness (QED) is 0.602. The second-order valence-corrected chi connectivity index (χ2v) is 3.91. The predicted molar refractivity (Wildman–Crippen MR) is 82.4 cm³/mol. The summed E-state index contributed by atoms with van der Waals surface area (Å²) >= 11 is 6.18. The number of benzene rings is 1. The Morgan fingerprint density at radius 3 is 2.32 bits per heavy atom. The van der Waals surface area contributed by atoms with Crippen LogP contribution in [0.15, 0.2) is 41.1 Å². The van der Waals surface area contributed by atoms with E-state index in [9.17, 15) is 8.78 Å². The van der Waals surface area contributed by atoms with Crippen LogP contribution in [-0.4, -0.2) is 15.6 Å². The molecule has 0 unspecified atom stereocenters. The van der Waals surface area contributed by atoms with Crippen LogP contribution in [0.2, 0.25) is 0 Å². The number of nitrogens with zero attached hydrogens (tertiary/aromatic N) is 2. The van der Waals surface area contributed by atoms with Crippen LogP contribution in [0.5, 0.6) is 0 Å². The average Bonchev–Trinajstić information content (AvgIpc) is 2.90. The maximum absolute atomic E-state index is 12.4. The van der Waals surface area contributed by atoms with Gasteiger partial charge in [0.1, 0.15) is 0 Å². The van der Waals surface area contributed by atoms with Crippen molar-refractivity contribution in [3.8, 4) is 5.69 Å². The first-order chi connectivity index (χ1) is 9.16. The highest BCUT2D eigenvalue weighted by atomic mass is 79.9. The van der Waals surface area contributed by atoms with E-state index in [0.29, 0.717) is 5.69 Å². The van der Waals surface area contributed by atoms with Crippen molar-refractivity contribution in [3.63, 3.8) is 0 Å². The summed E-state index contributed by atoms with van der Waals surface area (Å²) in [5.74, 6) is 1.81. The molecule has 6 heteroatoms. The van der Waals surface area contributed by atoms with Crippen molar-refractivity contribution >= 4 is 31.9 Å². The lowest BCUT2D eigenvalue weighted by molar-refractivity contribution is 0.151. The fourth-order valence-electron chi connectivity index (χ4n) is 1.25. The van der Waals surface area contributed by atoms with Crippen LogP contribution in [0.25, 0.3) is 5.69 Å². The number of hydrogen-bond acceptors (Lipinski definition) is 1. The summed E-state index contributed by atoms with van der Waals surface area (Å²) in [5, 5.41) is 4.01. The Kier molecular flexibility index (Phi) is 9.69. The lowest BCUT2D eigenvalue weighted by Crippen LogP contribution is -1.95. The molecule has 2 nitrogen and oxygen atoms in total. The SMILES string of the molecule is CBr.CC.FC(F)c1cccc(-n2cc(Br)cn2)c1. The molecule has 1 aromatic heterocycles. The molecule has 0 atom stereocenters. The zero-order valence-corrected chi connectivity index (χ0v) is 14.1. The average molecular weight is 398 g/mol. The Labute approximate surface area is 129 Å². The Bertz CT molecular complexity index is 473. The van der Waals surface area contributed by atoms with Crippen LogP contribution in [0, 0.1) is 0 Å². The van der Waals surface area contributed by atoms with E-state index in [1.165, 1.54) is 16.8 Å². The summed E-state index contributed by atoms with van der Waals surface area (Å²) in [4.78, 5) is 0. The minimum absolute atomic E-state index is 0.000813. The minimum atomic E-state index is -2.45. The Morgan fingerprint density at radius 1 is 1.21 bits per heavy atom. The van der Waals surface area contributed by atoms with Gasteiger partial charge in [0, 0.05) is 11.8 Å². The molecule has 2 rings (SSSR count). The van der Waals surface area contributed by atoms with E-state index in [1.54, 1.807) is 24.5 Å². The van der Waals surface area contributed by atoms with Crippen LogP contribution in [0.1, 0.15) is 25.8 Å². The second kappa shape index (κ2) is 10.1. The van der Waals surface area contributed by atoms with E-state index in [1.807, 2.05) is 19.7 Å².